The van der Waals surface area contributed by atoms with E-state index in [4.69, 9.17) is 13.9 Å². The summed E-state index contributed by atoms with van der Waals surface area (Å²) in [6, 6.07) is 5.32. The standard InChI is InChI=1S/C14H16BrNO4/c1-9-7-12(20-13(9)15)14(18)16(5-6-17)8-11-4-3-10(2)19-11/h3-4,7,17H,5-6,8H2,1-2H3. The molecule has 2 aromatic rings. The first-order valence-corrected chi connectivity index (χ1v) is 7.02. The van der Waals surface area contributed by atoms with Crippen molar-refractivity contribution < 1.29 is 18.7 Å². The van der Waals surface area contributed by atoms with Gasteiger partial charge in [0.25, 0.3) is 5.91 Å². The smallest absolute Gasteiger partial charge is 0.290 e. The van der Waals surface area contributed by atoms with Crippen molar-refractivity contribution in [1.82, 2.24) is 4.90 Å². The van der Waals surface area contributed by atoms with Crippen LogP contribution in [0.3, 0.4) is 0 Å². The molecule has 5 nitrogen and oxygen atoms in total. The highest BCUT2D eigenvalue weighted by Crippen LogP contribution is 2.22. The van der Waals surface area contributed by atoms with Gasteiger partial charge in [0.2, 0.25) is 0 Å². The van der Waals surface area contributed by atoms with Gasteiger partial charge in [0, 0.05) is 12.1 Å². The average Bonchev–Trinajstić information content (AvgIpc) is 2.95. The van der Waals surface area contributed by atoms with Crippen molar-refractivity contribution in [2.75, 3.05) is 13.2 Å². The summed E-state index contributed by atoms with van der Waals surface area (Å²) in [6.07, 6.45) is 0. The van der Waals surface area contributed by atoms with Crippen molar-refractivity contribution in [1.29, 1.82) is 0 Å². The fraction of sp³-hybridized carbons (Fsp3) is 0.357. The molecule has 0 aliphatic heterocycles. The Hall–Kier alpha value is -1.53. The van der Waals surface area contributed by atoms with Gasteiger partial charge in [-0.2, -0.15) is 0 Å². The number of nitrogens with zero attached hydrogens (tertiary/aromatic N) is 1. The summed E-state index contributed by atoms with van der Waals surface area (Å²) < 4.78 is 11.4. The van der Waals surface area contributed by atoms with Crippen LogP contribution in [0.4, 0.5) is 0 Å². The lowest BCUT2D eigenvalue weighted by Crippen LogP contribution is -2.32. The number of aliphatic hydroxyl groups is 1. The molecule has 0 unspecified atom stereocenters. The molecule has 0 spiro atoms. The SMILES string of the molecule is Cc1ccc(CN(CCO)C(=O)c2cc(C)c(Br)o2)o1. The number of furan rings is 2. The van der Waals surface area contributed by atoms with Crippen molar-refractivity contribution in [3.8, 4) is 0 Å². The van der Waals surface area contributed by atoms with Crippen LogP contribution in [0.25, 0.3) is 0 Å². The molecule has 1 amide bonds. The molecule has 2 rings (SSSR count). The monoisotopic (exact) mass is 341 g/mol. The summed E-state index contributed by atoms with van der Waals surface area (Å²) in [7, 11) is 0. The molecular weight excluding hydrogens is 326 g/mol. The molecule has 0 aliphatic carbocycles. The van der Waals surface area contributed by atoms with Crippen LogP contribution in [0.2, 0.25) is 0 Å². The number of halogens is 1. The molecule has 0 fully saturated rings. The van der Waals surface area contributed by atoms with E-state index in [0.29, 0.717) is 17.0 Å². The van der Waals surface area contributed by atoms with E-state index in [1.54, 1.807) is 6.07 Å². The Morgan fingerprint density at radius 2 is 2.10 bits per heavy atom. The topological polar surface area (TPSA) is 66.8 Å². The third-order valence-corrected chi connectivity index (χ3v) is 3.66. The summed E-state index contributed by atoms with van der Waals surface area (Å²) >= 11 is 3.24. The second-order valence-electron chi connectivity index (χ2n) is 4.53. The lowest BCUT2D eigenvalue weighted by Gasteiger charge is -2.19. The summed E-state index contributed by atoms with van der Waals surface area (Å²) in [5, 5.41) is 9.11. The molecule has 108 valence electrons. The van der Waals surface area contributed by atoms with E-state index in [9.17, 15) is 4.79 Å². The second-order valence-corrected chi connectivity index (χ2v) is 5.25. The number of aliphatic hydroxyl groups excluding tert-OH is 1. The van der Waals surface area contributed by atoms with E-state index in [0.717, 1.165) is 11.3 Å². The number of aryl methyl sites for hydroxylation is 2. The Morgan fingerprint density at radius 3 is 2.60 bits per heavy atom. The zero-order valence-corrected chi connectivity index (χ0v) is 12.9. The predicted molar refractivity (Wildman–Crippen MR) is 76.4 cm³/mol. The van der Waals surface area contributed by atoms with Crippen LogP contribution in [0, 0.1) is 13.8 Å². The quantitative estimate of drug-likeness (QED) is 0.907. The molecule has 1 N–H and O–H groups in total. The molecule has 20 heavy (non-hydrogen) atoms. The van der Waals surface area contributed by atoms with Gasteiger partial charge in [-0.15, -0.1) is 0 Å². The van der Waals surface area contributed by atoms with Crippen LogP contribution in [0.5, 0.6) is 0 Å². The number of hydrogen-bond acceptors (Lipinski definition) is 4. The number of hydrogen-bond donors (Lipinski definition) is 1. The summed E-state index contributed by atoms with van der Waals surface area (Å²) in [4.78, 5) is 13.9. The number of carbonyl (C=O) groups excluding carboxylic acids is 1. The maximum absolute atomic E-state index is 12.4. The van der Waals surface area contributed by atoms with Crippen molar-refractivity contribution in [3.05, 3.63) is 45.7 Å². The van der Waals surface area contributed by atoms with Crippen LogP contribution in [0.1, 0.15) is 27.6 Å². The van der Waals surface area contributed by atoms with E-state index in [1.807, 2.05) is 26.0 Å². The molecular formula is C14H16BrNO4. The first-order chi connectivity index (χ1) is 9.51. The molecule has 0 radical (unpaired) electrons. The first kappa shape index (κ1) is 14.9. The average molecular weight is 342 g/mol. The molecule has 2 heterocycles. The van der Waals surface area contributed by atoms with Crippen molar-refractivity contribution in [3.63, 3.8) is 0 Å². The molecule has 6 heteroatoms. The minimum atomic E-state index is -0.276. The van der Waals surface area contributed by atoms with Crippen LogP contribution in [-0.2, 0) is 6.54 Å². The van der Waals surface area contributed by atoms with Gasteiger partial charge in [-0.25, -0.2) is 0 Å². The highest BCUT2D eigenvalue weighted by molar-refractivity contribution is 9.10. The van der Waals surface area contributed by atoms with Gasteiger partial charge in [0.1, 0.15) is 11.5 Å². The summed E-state index contributed by atoms with van der Waals surface area (Å²) in [6.45, 7) is 4.08. The largest absolute Gasteiger partial charge is 0.464 e. The second kappa shape index (κ2) is 6.28. The van der Waals surface area contributed by atoms with Gasteiger partial charge in [-0.3, -0.25) is 4.79 Å². The fourth-order valence-electron chi connectivity index (χ4n) is 1.85. The van der Waals surface area contributed by atoms with Crippen molar-refractivity contribution in [2.24, 2.45) is 0 Å². The highest BCUT2D eigenvalue weighted by Gasteiger charge is 2.21. The van der Waals surface area contributed by atoms with E-state index in [1.165, 1.54) is 4.90 Å². The van der Waals surface area contributed by atoms with Crippen LogP contribution >= 0.6 is 15.9 Å². The molecule has 0 saturated carbocycles. The molecule has 0 bridgehead atoms. The van der Waals surface area contributed by atoms with E-state index >= 15 is 0 Å². The number of carbonyl (C=O) groups is 1. The van der Waals surface area contributed by atoms with Crippen LogP contribution < -0.4 is 0 Å². The minimum Gasteiger partial charge on any atom is -0.464 e. The maximum atomic E-state index is 12.4. The van der Waals surface area contributed by atoms with Gasteiger partial charge in [-0.1, -0.05) is 0 Å². The summed E-state index contributed by atoms with van der Waals surface area (Å²) in [5.74, 6) is 1.42. The predicted octanol–water partition coefficient (Wildman–Crippen LogP) is 2.89. The van der Waals surface area contributed by atoms with Gasteiger partial charge in [0.05, 0.1) is 13.2 Å². The van der Waals surface area contributed by atoms with Crippen LogP contribution in [-0.4, -0.2) is 29.1 Å². The van der Waals surface area contributed by atoms with E-state index < -0.39 is 0 Å². The third kappa shape index (κ3) is 3.32. The Labute approximate surface area is 125 Å². The number of rotatable bonds is 5. The Kier molecular flexibility index (Phi) is 4.67. The highest BCUT2D eigenvalue weighted by atomic mass is 79.9. The minimum absolute atomic E-state index is 0.119. The first-order valence-electron chi connectivity index (χ1n) is 6.22. The maximum Gasteiger partial charge on any atom is 0.290 e. The van der Waals surface area contributed by atoms with E-state index in [2.05, 4.69) is 15.9 Å². The van der Waals surface area contributed by atoms with E-state index in [-0.39, 0.29) is 24.8 Å². The number of amides is 1. The van der Waals surface area contributed by atoms with Crippen molar-refractivity contribution in [2.45, 2.75) is 20.4 Å². The Morgan fingerprint density at radius 1 is 1.35 bits per heavy atom. The molecule has 0 atom stereocenters. The molecule has 0 saturated heterocycles. The molecule has 2 aromatic heterocycles. The van der Waals surface area contributed by atoms with Crippen LogP contribution in [0.15, 0.2) is 31.7 Å². The lowest BCUT2D eigenvalue weighted by atomic mass is 10.3. The fourth-order valence-corrected chi connectivity index (χ4v) is 2.14. The zero-order valence-electron chi connectivity index (χ0n) is 11.4. The Balaban J connectivity index is 2.17. The van der Waals surface area contributed by atoms with Gasteiger partial charge in [0.15, 0.2) is 10.4 Å². The van der Waals surface area contributed by atoms with Crippen molar-refractivity contribution >= 4 is 21.8 Å². The molecule has 0 aliphatic rings. The lowest BCUT2D eigenvalue weighted by molar-refractivity contribution is 0.0661. The third-order valence-electron chi connectivity index (χ3n) is 2.87. The normalized spacial score (nSPS) is 10.8. The molecule has 0 aromatic carbocycles. The van der Waals surface area contributed by atoms with Gasteiger partial charge < -0.3 is 18.8 Å². The zero-order chi connectivity index (χ0) is 14.7. The Bertz CT molecular complexity index is 583. The van der Waals surface area contributed by atoms with Gasteiger partial charge in [-0.05, 0) is 48.0 Å². The van der Waals surface area contributed by atoms with Gasteiger partial charge >= 0.3 is 0 Å². The summed E-state index contributed by atoms with van der Waals surface area (Å²) in [5.41, 5.74) is 0.853.